The molecule has 1 aromatic rings. The molecule has 1 rings (SSSR count). The highest BCUT2D eigenvalue weighted by Crippen LogP contribution is 2.11. The van der Waals surface area contributed by atoms with Gasteiger partial charge in [-0.25, -0.2) is 4.39 Å². The van der Waals surface area contributed by atoms with E-state index in [-0.39, 0.29) is 18.1 Å². The summed E-state index contributed by atoms with van der Waals surface area (Å²) in [6.45, 7) is 2.58. The molecule has 0 aromatic heterocycles. The summed E-state index contributed by atoms with van der Waals surface area (Å²) in [4.78, 5) is 11.6. The van der Waals surface area contributed by atoms with Gasteiger partial charge in [0.25, 0.3) is 0 Å². The molecule has 0 bridgehead atoms. The van der Waals surface area contributed by atoms with Crippen LogP contribution in [0.4, 0.5) is 10.1 Å². The monoisotopic (exact) mass is 284 g/mol. The average molecular weight is 284 g/mol. The van der Waals surface area contributed by atoms with Crippen molar-refractivity contribution in [1.82, 2.24) is 5.32 Å². The fourth-order valence-corrected chi connectivity index (χ4v) is 1.50. The topological polar surface area (TPSA) is 59.6 Å². The maximum atomic E-state index is 13.3. The van der Waals surface area contributed by atoms with Crippen LogP contribution in [0.1, 0.15) is 6.42 Å². The van der Waals surface area contributed by atoms with Gasteiger partial charge in [0, 0.05) is 13.7 Å². The van der Waals surface area contributed by atoms with Crippen LogP contribution in [0, 0.1) is 5.82 Å². The highest BCUT2D eigenvalue weighted by Gasteiger charge is 2.05. The van der Waals surface area contributed by atoms with E-state index >= 15 is 0 Å². The van der Waals surface area contributed by atoms with Gasteiger partial charge in [-0.2, -0.15) is 0 Å². The fraction of sp³-hybridized carbons (Fsp3) is 0.500. The number of anilines is 1. The quantitative estimate of drug-likeness (QED) is 0.638. The lowest BCUT2D eigenvalue weighted by Gasteiger charge is -2.07. The van der Waals surface area contributed by atoms with Crippen molar-refractivity contribution in [3.63, 3.8) is 0 Å². The van der Waals surface area contributed by atoms with E-state index in [1.54, 1.807) is 19.2 Å². The molecule has 20 heavy (non-hydrogen) atoms. The van der Waals surface area contributed by atoms with Crippen LogP contribution in [0.15, 0.2) is 24.3 Å². The second kappa shape index (κ2) is 10.3. The van der Waals surface area contributed by atoms with Crippen LogP contribution in [0.3, 0.4) is 0 Å². The van der Waals surface area contributed by atoms with Crippen molar-refractivity contribution < 1.29 is 18.7 Å². The first-order valence-electron chi connectivity index (χ1n) is 6.56. The Labute approximate surface area is 118 Å². The summed E-state index contributed by atoms with van der Waals surface area (Å²) >= 11 is 0. The largest absolute Gasteiger partial charge is 0.382 e. The SMILES string of the molecule is COCCOCCCNCC(=O)Nc1ccccc1F. The van der Waals surface area contributed by atoms with Crippen LogP contribution in [0.25, 0.3) is 0 Å². The Balaban J connectivity index is 2.05. The minimum atomic E-state index is -0.438. The molecule has 6 heteroatoms. The number of rotatable bonds is 10. The molecule has 0 unspecified atom stereocenters. The van der Waals surface area contributed by atoms with E-state index in [0.29, 0.717) is 26.4 Å². The molecule has 0 heterocycles. The van der Waals surface area contributed by atoms with E-state index in [1.807, 2.05) is 0 Å². The lowest BCUT2D eigenvalue weighted by Crippen LogP contribution is -2.29. The van der Waals surface area contributed by atoms with Gasteiger partial charge in [0.1, 0.15) is 5.82 Å². The third kappa shape index (κ3) is 7.18. The first-order valence-corrected chi connectivity index (χ1v) is 6.56. The third-order valence-corrected chi connectivity index (χ3v) is 2.51. The van der Waals surface area contributed by atoms with Gasteiger partial charge in [-0.3, -0.25) is 4.79 Å². The van der Waals surface area contributed by atoms with Gasteiger partial charge in [-0.1, -0.05) is 12.1 Å². The van der Waals surface area contributed by atoms with Crippen LogP contribution in [-0.4, -0.2) is 45.9 Å². The first-order chi connectivity index (χ1) is 9.74. The number of amides is 1. The molecule has 0 aliphatic heterocycles. The Hall–Kier alpha value is -1.50. The number of nitrogens with one attached hydrogen (secondary N) is 2. The highest BCUT2D eigenvalue weighted by atomic mass is 19.1. The first kappa shape index (κ1) is 16.6. The standard InChI is InChI=1S/C14H21FN2O3/c1-19-9-10-20-8-4-7-16-11-14(18)17-13-6-3-2-5-12(13)15/h2-3,5-6,16H,4,7-11H2,1H3,(H,17,18). The summed E-state index contributed by atoms with van der Waals surface area (Å²) < 4.78 is 23.4. The molecule has 0 saturated carbocycles. The molecule has 1 aromatic carbocycles. The summed E-state index contributed by atoms with van der Waals surface area (Å²) in [7, 11) is 1.62. The number of ether oxygens (including phenoxy) is 2. The number of benzene rings is 1. The Bertz CT molecular complexity index is 402. The minimum absolute atomic E-state index is 0.145. The summed E-state index contributed by atoms with van der Waals surface area (Å²) in [6, 6.07) is 6.08. The number of para-hydroxylation sites is 1. The van der Waals surface area contributed by atoms with Crippen molar-refractivity contribution in [2.45, 2.75) is 6.42 Å². The Morgan fingerprint density at radius 2 is 2.05 bits per heavy atom. The van der Waals surface area contributed by atoms with E-state index in [0.717, 1.165) is 6.42 Å². The van der Waals surface area contributed by atoms with E-state index < -0.39 is 5.82 Å². The fourth-order valence-electron chi connectivity index (χ4n) is 1.50. The predicted octanol–water partition coefficient (Wildman–Crippen LogP) is 1.41. The Morgan fingerprint density at radius 3 is 2.80 bits per heavy atom. The zero-order valence-corrected chi connectivity index (χ0v) is 11.7. The summed E-state index contributed by atoms with van der Waals surface area (Å²) in [6.07, 6.45) is 0.802. The molecule has 0 spiro atoms. The lowest BCUT2D eigenvalue weighted by molar-refractivity contribution is -0.115. The normalized spacial score (nSPS) is 10.5. The number of methoxy groups -OCH3 is 1. The van der Waals surface area contributed by atoms with Crippen molar-refractivity contribution in [3.8, 4) is 0 Å². The predicted molar refractivity (Wildman–Crippen MR) is 75.2 cm³/mol. The van der Waals surface area contributed by atoms with Gasteiger partial charge in [0.2, 0.25) is 5.91 Å². The van der Waals surface area contributed by atoms with E-state index in [4.69, 9.17) is 9.47 Å². The molecule has 0 fully saturated rings. The maximum Gasteiger partial charge on any atom is 0.238 e. The number of hydrogen-bond donors (Lipinski definition) is 2. The smallest absolute Gasteiger partial charge is 0.238 e. The number of carbonyl (C=O) groups excluding carboxylic acids is 1. The molecule has 0 aliphatic carbocycles. The highest BCUT2D eigenvalue weighted by molar-refractivity contribution is 5.92. The number of carbonyl (C=O) groups is 1. The van der Waals surface area contributed by atoms with Crippen molar-refractivity contribution in [3.05, 3.63) is 30.1 Å². The van der Waals surface area contributed by atoms with Crippen LogP contribution < -0.4 is 10.6 Å². The lowest BCUT2D eigenvalue weighted by atomic mass is 10.3. The van der Waals surface area contributed by atoms with Crippen molar-refractivity contribution in [1.29, 1.82) is 0 Å². The second-order valence-electron chi connectivity index (χ2n) is 4.16. The average Bonchev–Trinajstić information content (AvgIpc) is 2.44. The molecule has 0 aliphatic rings. The molecule has 0 radical (unpaired) electrons. The van der Waals surface area contributed by atoms with E-state index in [9.17, 15) is 9.18 Å². The zero-order chi connectivity index (χ0) is 14.6. The summed E-state index contributed by atoms with van der Waals surface area (Å²) in [5.41, 5.74) is 0.196. The van der Waals surface area contributed by atoms with E-state index in [2.05, 4.69) is 10.6 Å². The molecule has 112 valence electrons. The van der Waals surface area contributed by atoms with Crippen LogP contribution in [0.2, 0.25) is 0 Å². The maximum absolute atomic E-state index is 13.3. The van der Waals surface area contributed by atoms with Gasteiger partial charge in [0.15, 0.2) is 0 Å². The molecule has 1 amide bonds. The van der Waals surface area contributed by atoms with Crippen molar-refractivity contribution in [2.75, 3.05) is 45.3 Å². The van der Waals surface area contributed by atoms with Gasteiger partial charge >= 0.3 is 0 Å². The zero-order valence-electron chi connectivity index (χ0n) is 11.7. The molecule has 2 N–H and O–H groups in total. The summed E-state index contributed by atoms with van der Waals surface area (Å²) in [5.74, 6) is -0.706. The van der Waals surface area contributed by atoms with Gasteiger partial charge in [0.05, 0.1) is 25.4 Å². The second-order valence-corrected chi connectivity index (χ2v) is 4.16. The van der Waals surface area contributed by atoms with E-state index in [1.165, 1.54) is 12.1 Å². The summed E-state index contributed by atoms with van der Waals surface area (Å²) in [5, 5.41) is 5.47. The van der Waals surface area contributed by atoms with Crippen LogP contribution in [-0.2, 0) is 14.3 Å². The molecular weight excluding hydrogens is 263 g/mol. The molecule has 0 saturated heterocycles. The molecule has 5 nitrogen and oxygen atoms in total. The van der Waals surface area contributed by atoms with Crippen LogP contribution >= 0.6 is 0 Å². The van der Waals surface area contributed by atoms with Gasteiger partial charge in [-0.15, -0.1) is 0 Å². The third-order valence-electron chi connectivity index (χ3n) is 2.51. The van der Waals surface area contributed by atoms with Crippen LogP contribution in [0.5, 0.6) is 0 Å². The van der Waals surface area contributed by atoms with Gasteiger partial charge < -0.3 is 20.1 Å². The van der Waals surface area contributed by atoms with Gasteiger partial charge in [-0.05, 0) is 25.1 Å². The Kier molecular flexibility index (Phi) is 8.53. The molecular formula is C14H21FN2O3. The molecule has 0 atom stereocenters. The minimum Gasteiger partial charge on any atom is -0.382 e. The van der Waals surface area contributed by atoms with Crippen molar-refractivity contribution in [2.24, 2.45) is 0 Å². The Morgan fingerprint density at radius 1 is 1.25 bits per heavy atom. The number of hydrogen-bond acceptors (Lipinski definition) is 4. The number of halogens is 1. The van der Waals surface area contributed by atoms with Crippen molar-refractivity contribution >= 4 is 11.6 Å².